The number of nitriles is 1. The number of carbonyl (C=O) groups is 1. The van der Waals surface area contributed by atoms with Crippen LogP contribution in [0.3, 0.4) is 0 Å². The number of benzene rings is 1. The summed E-state index contributed by atoms with van der Waals surface area (Å²) in [6.07, 6.45) is 1.59. The zero-order chi connectivity index (χ0) is 20.0. The van der Waals surface area contributed by atoms with Crippen molar-refractivity contribution in [1.82, 2.24) is 0 Å². The normalized spacial score (nSPS) is 16.3. The third kappa shape index (κ3) is 3.90. The van der Waals surface area contributed by atoms with Crippen LogP contribution in [-0.2, 0) is 14.3 Å². The predicted octanol–water partition coefficient (Wildman–Crippen LogP) is 2.90. The molecule has 0 radical (unpaired) electrons. The summed E-state index contributed by atoms with van der Waals surface area (Å²) in [7, 11) is 1.51. The monoisotopic (exact) mass is 370 g/mol. The molecule has 7 nitrogen and oxygen atoms in total. The van der Waals surface area contributed by atoms with Gasteiger partial charge in [0.15, 0.2) is 11.5 Å². The van der Waals surface area contributed by atoms with Crippen LogP contribution >= 0.6 is 0 Å². The molecule has 0 aliphatic carbocycles. The fourth-order valence-corrected chi connectivity index (χ4v) is 2.88. The van der Waals surface area contributed by atoms with Gasteiger partial charge in [-0.1, -0.05) is 24.8 Å². The van der Waals surface area contributed by atoms with Crippen LogP contribution in [0.1, 0.15) is 25.3 Å². The van der Waals surface area contributed by atoms with Gasteiger partial charge >= 0.3 is 5.97 Å². The van der Waals surface area contributed by atoms with Gasteiger partial charge < -0.3 is 24.7 Å². The molecule has 1 atom stereocenters. The Kier molecular flexibility index (Phi) is 6.50. The highest BCUT2D eigenvalue weighted by Crippen LogP contribution is 2.45. The van der Waals surface area contributed by atoms with Gasteiger partial charge in [0, 0.05) is 5.56 Å². The molecule has 1 unspecified atom stereocenters. The first-order valence-corrected chi connectivity index (χ1v) is 8.36. The highest BCUT2D eigenvalue weighted by atomic mass is 16.5. The molecule has 7 heteroatoms. The Balaban J connectivity index is 2.73. The van der Waals surface area contributed by atoms with Gasteiger partial charge in [0.05, 0.1) is 25.2 Å². The minimum atomic E-state index is -0.808. The molecule has 27 heavy (non-hydrogen) atoms. The lowest BCUT2D eigenvalue weighted by Crippen LogP contribution is -2.26. The van der Waals surface area contributed by atoms with E-state index in [4.69, 9.17) is 24.7 Å². The van der Waals surface area contributed by atoms with E-state index < -0.39 is 11.9 Å². The van der Waals surface area contributed by atoms with Crippen molar-refractivity contribution in [2.24, 2.45) is 5.73 Å². The fourth-order valence-electron chi connectivity index (χ4n) is 2.88. The van der Waals surface area contributed by atoms with E-state index in [-0.39, 0.29) is 36.0 Å². The molecule has 0 fully saturated rings. The molecule has 0 spiro atoms. The fraction of sp³-hybridized carbons (Fsp3) is 0.300. The first-order valence-electron chi connectivity index (χ1n) is 8.36. The second-order valence-electron chi connectivity index (χ2n) is 5.59. The molecule has 0 saturated heterocycles. The van der Waals surface area contributed by atoms with Crippen molar-refractivity contribution in [2.75, 3.05) is 20.3 Å². The number of carbonyl (C=O) groups excluding carboxylic acids is 1. The summed E-state index contributed by atoms with van der Waals surface area (Å²) in [6, 6.07) is 7.25. The van der Waals surface area contributed by atoms with Crippen molar-refractivity contribution in [2.45, 2.75) is 19.8 Å². The Labute approximate surface area is 158 Å². The summed E-state index contributed by atoms with van der Waals surface area (Å²) in [5.41, 5.74) is 6.76. The zero-order valence-electron chi connectivity index (χ0n) is 15.6. The van der Waals surface area contributed by atoms with Crippen LogP contribution in [0.15, 0.2) is 53.6 Å². The smallest absolute Gasteiger partial charge is 0.338 e. The summed E-state index contributed by atoms with van der Waals surface area (Å²) in [5.74, 6) is -0.340. The van der Waals surface area contributed by atoms with E-state index in [1.807, 2.05) is 6.07 Å². The minimum absolute atomic E-state index is 0.0643. The maximum atomic E-state index is 12.6. The molecule has 0 amide bonds. The summed E-state index contributed by atoms with van der Waals surface area (Å²) >= 11 is 0. The number of ether oxygens (including phenoxy) is 4. The number of allylic oxidation sites excluding steroid dienone is 2. The Hall–Kier alpha value is -3.40. The highest BCUT2D eigenvalue weighted by Gasteiger charge is 2.38. The number of para-hydroxylation sites is 1. The molecule has 0 saturated carbocycles. The summed E-state index contributed by atoms with van der Waals surface area (Å²) in [5, 5.41) is 9.67. The molecule has 2 N–H and O–H groups in total. The molecular formula is C20H22N2O5. The molecule has 1 aliphatic rings. The second kappa shape index (κ2) is 8.81. The van der Waals surface area contributed by atoms with E-state index >= 15 is 0 Å². The van der Waals surface area contributed by atoms with E-state index in [9.17, 15) is 10.1 Å². The lowest BCUT2D eigenvalue weighted by Gasteiger charge is -2.28. The lowest BCUT2D eigenvalue weighted by atomic mass is 9.82. The number of hydrogen-bond acceptors (Lipinski definition) is 7. The van der Waals surface area contributed by atoms with Crippen molar-refractivity contribution in [3.05, 3.63) is 59.2 Å². The second-order valence-corrected chi connectivity index (χ2v) is 5.59. The zero-order valence-corrected chi connectivity index (χ0v) is 15.6. The molecule has 2 rings (SSSR count). The number of nitrogens with zero attached hydrogens (tertiary/aromatic N) is 1. The number of nitrogens with two attached hydrogens (primary N) is 1. The van der Waals surface area contributed by atoms with Crippen molar-refractivity contribution in [1.29, 1.82) is 5.26 Å². The van der Waals surface area contributed by atoms with E-state index in [1.54, 1.807) is 38.1 Å². The first kappa shape index (κ1) is 19.9. The van der Waals surface area contributed by atoms with Crippen LogP contribution in [0.5, 0.6) is 11.5 Å². The van der Waals surface area contributed by atoms with Crippen LogP contribution < -0.4 is 15.2 Å². The average molecular weight is 370 g/mol. The van der Waals surface area contributed by atoms with E-state index in [1.165, 1.54) is 7.11 Å². The Morgan fingerprint density at radius 1 is 1.48 bits per heavy atom. The van der Waals surface area contributed by atoms with Crippen molar-refractivity contribution >= 4 is 5.97 Å². The largest absolute Gasteiger partial charge is 0.493 e. The van der Waals surface area contributed by atoms with Gasteiger partial charge in [-0.15, -0.1) is 0 Å². The number of methoxy groups -OCH3 is 1. The molecule has 0 aromatic heterocycles. The van der Waals surface area contributed by atoms with E-state index in [0.29, 0.717) is 17.1 Å². The van der Waals surface area contributed by atoms with Crippen LogP contribution in [-0.4, -0.2) is 26.3 Å². The van der Waals surface area contributed by atoms with Crippen LogP contribution in [0.4, 0.5) is 0 Å². The Bertz CT molecular complexity index is 848. The van der Waals surface area contributed by atoms with Gasteiger partial charge in [-0.3, -0.25) is 0 Å². The van der Waals surface area contributed by atoms with Gasteiger partial charge in [0.2, 0.25) is 5.88 Å². The number of hydrogen-bond donors (Lipinski definition) is 1. The third-order valence-corrected chi connectivity index (χ3v) is 3.99. The molecule has 142 valence electrons. The average Bonchev–Trinajstić information content (AvgIpc) is 2.65. The molecule has 0 bridgehead atoms. The quantitative estimate of drug-likeness (QED) is 0.581. The maximum absolute atomic E-state index is 12.6. The standard InChI is InChI=1S/C20H22N2O5/c1-5-10-26-18-13(8-7-9-15(18)24-4)17-14(11-21)19(22)27-12(3)16(17)20(23)25-6-2/h5,7-9,17H,1,6,10,22H2,2-4H3. The van der Waals surface area contributed by atoms with Gasteiger partial charge in [0.25, 0.3) is 0 Å². The molecule has 1 heterocycles. The topological polar surface area (TPSA) is 104 Å². The first-order chi connectivity index (χ1) is 13.0. The van der Waals surface area contributed by atoms with Gasteiger partial charge in [-0.05, 0) is 19.9 Å². The summed E-state index contributed by atoms with van der Waals surface area (Å²) < 4.78 is 21.8. The van der Waals surface area contributed by atoms with Crippen molar-refractivity contribution in [3.8, 4) is 17.6 Å². The Morgan fingerprint density at radius 2 is 2.22 bits per heavy atom. The minimum Gasteiger partial charge on any atom is -0.493 e. The van der Waals surface area contributed by atoms with E-state index in [0.717, 1.165) is 0 Å². The van der Waals surface area contributed by atoms with Crippen LogP contribution in [0, 0.1) is 11.3 Å². The van der Waals surface area contributed by atoms with E-state index in [2.05, 4.69) is 6.58 Å². The SMILES string of the molecule is C=CCOc1c(OC)cccc1C1C(C#N)=C(N)OC(C)=C1C(=O)OCC. The molecule has 1 aromatic rings. The molecular weight excluding hydrogens is 348 g/mol. The van der Waals surface area contributed by atoms with Crippen molar-refractivity contribution in [3.63, 3.8) is 0 Å². The third-order valence-electron chi connectivity index (χ3n) is 3.99. The summed E-state index contributed by atoms with van der Waals surface area (Å²) in [6.45, 7) is 7.35. The lowest BCUT2D eigenvalue weighted by molar-refractivity contribution is -0.139. The number of esters is 1. The molecule has 1 aromatic carbocycles. The van der Waals surface area contributed by atoms with Gasteiger partial charge in [-0.25, -0.2) is 4.79 Å². The Morgan fingerprint density at radius 3 is 2.81 bits per heavy atom. The summed E-state index contributed by atoms with van der Waals surface area (Å²) in [4.78, 5) is 12.6. The van der Waals surface area contributed by atoms with Crippen molar-refractivity contribution < 1.29 is 23.7 Å². The predicted molar refractivity (Wildman–Crippen MR) is 98.7 cm³/mol. The number of rotatable bonds is 7. The van der Waals surface area contributed by atoms with Gasteiger partial charge in [-0.2, -0.15) is 5.26 Å². The van der Waals surface area contributed by atoms with Crippen LogP contribution in [0.25, 0.3) is 0 Å². The van der Waals surface area contributed by atoms with Crippen LogP contribution in [0.2, 0.25) is 0 Å². The molecule has 1 aliphatic heterocycles. The highest BCUT2D eigenvalue weighted by molar-refractivity contribution is 5.93. The maximum Gasteiger partial charge on any atom is 0.338 e. The van der Waals surface area contributed by atoms with Gasteiger partial charge in [0.1, 0.15) is 24.0 Å².